The summed E-state index contributed by atoms with van der Waals surface area (Å²) in [6.07, 6.45) is 2.32. The zero-order valence-corrected chi connectivity index (χ0v) is 14.6. The number of nitrogens with zero attached hydrogens (tertiary/aromatic N) is 3. The summed E-state index contributed by atoms with van der Waals surface area (Å²) in [5, 5.41) is 10.5. The van der Waals surface area contributed by atoms with Crippen LogP contribution in [0.2, 0.25) is 5.02 Å². The molecule has 3 rings (SSSR count). The lowest BCUT2D eigenvalue weighted by Gasteiger charge is -2.37. The predicted octanol–water partition coefficient (Wildman–Crippen LogP) is 1.89. The minimum atomic E-state index is 0.209. The normalized spacial score (nSPS) is 32.4. The molecule has 5 nitrogen and oxygen atoms in total. The van der Waals surface area contributed by atoms with Crippen LogP contribution < -0.4 is 4.90 Å². The van der Waals surface area contributed by atoms with E-state index in [2.05, 4.69) is 28.6 Å². The van der Waals surface area contributed by atoms with Gasteiger partial charge in [0.05, 0.1) is 17.2 Å². The molecule has 1 N–H and O–H groups in total. The van der Waals surface area contributed by atoms with Gasteiger partial charge in [-0.25, -0.2) is 4.98 Å². The Morgan fingerprint density at radius 1 is 1.22 bits per heavy atom. The maximum atomic E-state index is 9.78. The van der Waals surface area contributed by atoms with Crippen molar-refractivity contribution in [3.8, 4) is 0 Å². The highest BCUT2D eigenvalue weighted by molar-refractivity contribution is 6.32. The van der Waals surface area contributed by atoms with E-state index in [0.717, 1.165) is 38.5 Å². The fraction of sp³-hybridized carbons (Fsp3) is 0.706. The van der Waals surface area contributed by atoms with E-state index in [1.807, 2.05) is 12.1 Å². The summed E-state index contributed by atoms with van der Waals surface area (Å²) in [6.45, 7) is 9.08. The van der Waals surface area contributed by atoms with Crippen molar-refractivity contribution in [2.75, 3.05) is 44.2 Å². The molecule has 6 heteroatoms. The van der Waals surface area contributed by atoms with Gasteiger partial charge < -0.3 is 14.7 Å². The van der Waals surface area contributed by atoms with Crippen LogP contribution in [0.5, 0.6) is 0 Å². The van der Waals surface area contributed by atoms with Gasteiger partial charge in [-0.15, -0.1) is 0 Å². The third-order valence-corrected chi connectivity index (χ3v) is 5.13. The first-order chi connectivity index (χ1) is 11.1. The lowest BCUT2D eigenvalue weighted by molar-refractivity contribution is -0.0725. The number of ether oxygens (including phenoxy) is 1. The molecule has 1 aromatic rings. The zero-order valence-electron chi connectivity index (χ0n) is 13.9. The van der Waals surface area contributed by atoms with E-state index in [0.29, 0.717) is 10.9 Å². The number of halogens is 1. The van der Waals surface area contributed by atoms with Crippen LogP contribution in [-0.4, -0.2) is 66.5 Å². The van der Waals surface area contributed by atoms with Gasteiger partial charge in [-0.3, -0.25) is 4.90 Å². The number of hydrogen-bond acceptors (Lipinski definition) is 5. The Morgan fingerprint density at radius 2 is 1.91 bits per heavy atom. The Kier molecular flexibility index (Phi) is 5.42. The third-order valence-electron chi connectivity index (χ3n) is 4.84. The molecule has 2 fully saturated rings. The van der Waals surface area contributed by atoms with Crippen molar-refractivity contribution in [3.05, 3.63) is 23.4 Å². The van der Waals surface area contributed by atoms with Crippen LogP contribution in [0.15, 0.2) is 18.3 Å². The molecule has 0 spiro atoms. The molecule has 0 radical (unpaired) electrons. The molecule has 2 aliphatic heterocycles. The smallest absolute Gasteiger partial charge is 0.147 e. The number of morpholine rings is 1. The maximum absolute atomic E-state index is 9.78. The van der Waals surface area contributed by atoms with Crippen molar-refractivity contribution in [2.24, 2.45) is 11.8 Å². The molecule has 1 aromatic heterocycles. The summed E-state index contributed by atoms with van der Waals surface area (Å²) in [7, 11) is 0. The lowest BCUT2D eigenvalue weighted by Crippen LogP contribution is -2.48. The average molecular weight is 340 g/mol. The third kappa shape index (κ3) is 3.97. The highest BCUT2D eigenvalue weighted by Gasteiger charge is 2.36. The van der Waals surface area contributed by atoms with Gasteiger partial charge in [0, 0.05) is 51.4 Å². The fourth-order valence-electron chi connectivity index (χ4n) is 3.90. The van der Waals surface area contributed by atoms with Crippen LogP contribution in [-0.2, 0) is 4.74 Å². The number of aromatic nitrogens is 1. The lowest BCUT2D eigenvalue weighted by atomic mass is 9.96. The molecule has 0 unspecified atom stereocenters. The summed E-state index contributed by atoms with van der Waals surface area (Å²) < 4.78 is 5.81. The van der Waals surface area contributed by atoms with Crippen LogP contribution in [0, 0.1) is 11.8 Å². The number of aliphatic hydroxyl groups excluding tert-OH is 1. The first kappa shape index (κ1) is 17.0. The summed E-state index contributed by atoms with van der Waals surface area (Å²) in [5.41, 5.74) is 0. The number of aliphatic hydroxyl groups is 1. The van der Waals surface area contributed by atoms with Crippen LogP contribution in [0.1, 0.15) is 13.8 Å². The van der Waals surface area contributed by atoms with Crippen molar-refractivity contribution in [2.45, 2.75) is 26.1 Å². The van der Waals surface area contributed by atoms with Crippen molar-refractivity contribution >= 4 is 17.4 Å². The number of rotatable bonds is 4. The topological polar surface area (TPSA) is 48.8 Å². The largest absolute Gasteiger partial charge is 0.396 e. The SMILES string of the molecule is C[C@@H]1CN(C[C@H]2CN(c3ncccc3Cl)C[C@H]2CO)C[C@H](C)O1. The van der Waals surface area contributed by atoms with Crippen molar-refractivity contribution in [1.29, 1.82) is 0 Å². The summed E-state index contributed by atoms with van der Waals surface area (Å²) >= 11 is 6.28. The molecular weight excluding hydrogens is 314 g/mol. The molecular formula is C17H26ClN3O2. The van der Waals surface area contributed by atoms with Gasteiger partial charge in [-0.05, 0) is 31.9 Å². The second-order valence-corrected chi connectivity index (χ2v) is 7.30. The predicted molar refractivity (Wildman–Crippen MR) is 92.0 cm³/mol. The van der Waals surface area contributed by atoms with E-state index in [-0.39, 0.29) is 24.7 Å². The van der Waals surface area contributed by atoms with Gasteiger partial charge in [-0.1, -0.05) is 11.6 Å². The Morgan fingerprint density at radius 3 is 2.57 bits per heavy atom. The second kappa shape index (κ2) is 7.34. The van der Waals surface area contributed by atoms with Gasteiger partial charge in [-0.2, -0.15) is 0 Å². The van der Waals surface area contributed by atoms with Gasteiger partial charge in [0.15, 0.2) is 0 Å². The number of hydrogen-bond donors (Lipinski definition) is 1. The van der Waals surface area contributed by atoms with Crippen molar-refractivity contribution in [1.82, 2.24) is 9.88 Å². The van der Waals surface area contributed by atoms with E-state index < -0.39 is 0 Å². The highest BCUT2D eigenvalue weighted by atomic mass is 35.5. The first-order valence-corrected chi connectivity index (χ1v) is 8.78. The van der Waals surface area contributed by atoms with E-state index in [1.54, 1.807) is 6.20 Å². The van der Waals surface area contributed by atoms with Crippen LogP contribution in [0.4, 0.5) is 5.82 Å². The summed E-state index contributed by atoms with van der Waals surface area (Å²) in [5.74, 6) is 1.52. The Labute approximate surface area is 143 Å². The first-order valence-electron chi connectivity index (χ1n) is 8.41. The maximum Gasteiger partial charge on any atom is 0.147 e. The van der Waals surface area contributed by atoms with Gasteiger partial charge in [0.25, 0.3) is 0 Å². The van der Waals surface area contributed by atoms with E-state index >= 15 is 0 Å². The van der Waals surface area contributed by atoms with Crippen LogP contribution >= 0.6 is 11.6 Å². The number of pyridine rings is 1. The zero-order chi connectivity index (χ0) is 16.4. The quantitative estimate of drug-likeness (QED) is 0.907. The van der Waals surface area contributed by atoms with Crippen molar-refractivity contribution in [3.63, 3.8) is 0 Å². The molecule has 0 aromatic carbocycles. The fourth-order valence-corrected chi connectivity index (χ4v) is 4.14. The molecule has 0 amide bonds. The molecule has 2 aliphatic rings. The average Bonchev–Trinajstić information content (AvgIpc) is 2.89. The van der Waals surface area contributed by atoms with Gasteiger partial charge in [0.2, 0.25) is 0 Å². The minimum absolute atomic E-state index is 0.209. The monoisotopic (exact) mass is 339 g/mol. The molecule has 0 saturated carbocycles. The molecule has 3 heterocycles. The van der Waals surface area contributed by atoms with Crippen molar-refractivity contribution < 1.29 is 9.84 Å². The second-order valence-electron chi connectivity index (χ2n) is 6.89. The molecule has 128 valence electrons. The molecule has 0 bridgehead atoms. The van der Waals surface area contributed by atoms with Crippen LogP contribution in [0.25, 0.3) is 0 Å². The molecule has 2 saturated heterocycles. The van der Waals surface area contributed by atoms with Gasteiger partial charge in [0.1, 0.15) is 5.82 Å². The van der Waals surface area contributed by atoms with Crippen LogP contribution in [0.3, 0.4) is 0 Å². The summed E-state index contributed by atoms with van der Waals surface area (Å²) in [4.78, 5) is 9.09. The minimum Gasteiger partial charge on any atom is -0.396 e. The molecule has 0 aliphatic carbocycles. The van der Waals surface area contributed by atoms with E-state index in [9.17, 15) is 5.11 Å². The van der Waals surface area contributed by atoms with E-state index in [1.165, 1.54) is 0 Å². The Hall–Kier alpha value is -0.880. The van der Waals surface area contributed by atoms with Gasteiger partial charge >= 0.3 is 0 Å². The number of anilines is 1. The Bertz CT molecular complexity index is 520. The highest BCUT2D eigenvalue weighted by Crippen LogP contribution is 2.32. The standard InChI is InChI=1S/C17H26ClN3O2/c1-12-6-20(7-13(2)23-12)8-14-9-21(10-15(14)11-22)17-16(18)4-3-5-19-17/h3-5,12-15,22H,6-11H2,1-2H3/t12-,13+,14-,15-/m0/s1. The molecule has 23 heavy (non-hydrogen) atoms. The summed E-state index contributed by atoms with van der Waals surface area (Å²) in [6, 6.07) is 3.72. The van der Waals surface area contributed by atoms with E-state index in [4.69, 9.17) is 16.3 Å². The Balaban J connectivity index is 1.66. The molecule has 4 atom stereocenters.